The zero-order valence-electron chi connectivity index (χ0n) is 19.4. The molecule has 2 aromatic carbocycles. The number of carbonyl (C=O) groups excluding carboxylic acids is 2. The van der Waals surface area contributed by atoms with Crippen LogP contribution in [-0.2, 0) is 22.5 Å². The van der Waals surface area contributed by atoms with Crippen molar-refractivity contribution in [2.24, 2.45) is 0 Å². The number of pyridine rings is 1. The van der Waals surface area contributed by atoms with Gasteiger partial charge < -0.3 is 19.9 Å². The minimum atomic E-state index is -0.493. The second-order valence-corrected chi connectivity index (χ2v) is 8.26. The van der Waals surface area contributed by atoms with E-state index in [1.165, 1.54) is 0 Å². The smallest absolute Gasteiger partial charge is 0.339 e. The number of carbonyl (C=O) groups is 2. The highest BCUT2D eigenvalue weighted by atomic mass is 16.5. The number of hydrogen-bond acceptors (Lipinski definition) is 6. The molecular weight excluding hydrogens is 416 g/mol. The first kappa shape index (κ1) is 22.7. The van der Waals surface area contributed by atoms with Gasteiger partial charge in [0.25, 0.3) is 5.91 Å². The number of benzene rings is 2. The normalized spacial score (nSPS) is 13.4. The van der Waals surface area contributed by atoms with Crippen LogP contribution >= 0.6 is 0 Å². The molecule has 1 aromatic heterocycles. The molecule has 0 fully saturated rings. The molecule has 1 N–H and O–H groups in total. The summed E-state index contributed by atoms with van der Waals surface area (Å²) in [5.74, 6) is -0.865. The maximum atomic E-state index is 13.1. The Kier molecular flexibility index (Phi) is 6.89. The maximum Gasteiger partial charge on any atom is 0.339 e. The van der Waals surface area contributed by atoms with E-state index in [9.17, 15) is 9.59 Å². The van der Waals surface area contributed by atoms with E-state index in [4.69, 9.17) is 9.72 Å². The molecule has 1 aliphatic heterocycles. The van der Waals surface area contributed by atoms with Crippen LogP contribution in [0, 0.1) is 0 Å². The molecule has 0 spiro atoms. The lowest BCUT2D eigenvalue weighted by molar-refractivity contribution is -0.119. The number of rotatable bonds is 7. The Morgan fingerprint density at radius 3 is 2.55 bits per heavy atom. The summed E-state index contributed by atoms with van der Waals surface area (Å²) >= 11 is 0. The summed E-state index contributed by atoms with van der Waals surface area (Å²) in [6, 6.07) is 15.2. The Balaban J connectivity index is 1.47. The zero-order valence-corrected chi connectivity index (χ0v) is 19.4. The van der Waals surface area contributed by atoms with E-state index in [1.54, 1.807) is 0 Å². The van der Waals surface area contributed by atoms with Crippen LogP contribution in [0.1, 0.15) is 35.5 Å². The maximum absolute atomic E-state index is 13.1. The quantitative estimate of drug-likeness (QED) is 0.556. The van der Waals surface area contributed by atoms with Crippen LogP contribution in [0.15, 0.2) is 48.5 Å². The fourth-order valence-corrected chi connectivity index (χ4v) is 4.30. The highest BCUT2D eigenvalue weighted by Crippen LogP contribution is 2.28. The van der Waals surface area contributed by atoms with Crippen molar-refractivity contribution < 1.29 is 14.3 Å². The summed E-state index contributed by atoms with van der Waals surface area (Å²) in [4.78, 5) is 34.7. The Morgan fingerprint density at radius 1 is 1.09 bits per heavy atom. The molecule has 2 heterocycles. The fourth-order valence-electron chi connectivity index (χ4n) is 4.30. The van der Waals surface area contributed by atoms with Crippen molar-refractivity contribution in [1.29, 1.82) is 0 Å². The summed E-state index contributed by atoms with van der Waals surface area (Å²) in [5, 5.41) is 3.56. The lowest BCUT2D eigenvalue weighted by Gasteiger charge is -2.26. The van der Waals surface area contributed by atoms with Crippen LogP contribution in [0.4, 0.5) is 11.4 Å². The molecule has 7 nitrogen and oxygen atoms in total. The van der Waals surface area contributed by atoms with Crippen molar-refractivity contribution >= 4 is 34.2 Å². The van der Waals surface area contributed by atoms with E-state index >= 15 is 0 Å². The molecule has 7 heteroatoms. The molecule has 1 aliphatic rings. The van der Waals surface area contributed by atoms with E-state index in [1.807, 2.05) is 55.6 Å². The molecule has 3 aromatic rings. The predicted molar refractivity (Wildman–Crippen MR) is 131 cm³/mol. The largest absolute Gasteiger partial charge is 0.452 e. The predicted octanol–water partition coefficient (Wildman–Crippen LogP) is 3.86. The van der Waals surface area contributed by atoms with Crippen LogP contribution < -0.4 is 10.2 Å². The number of nitrogens with one attached hydrogen (secondary N) is 1. The first-order chi connectivity index (χ1) is 16.0. The minimum Gasteiger partial charge on any atom is -0.452 e. The van der Waals surface area contributed by atoms with Crippen molar-refractivity contribution in [2.45, 2.75) is 26.8 Å². The monoisotopic (exact) mass is 446 g/mol. The number of likely N-dealkylation sites (N-methyl/N-ethyl adjacent to an activating group) is 1. The average molecular weight is 447 g/mol. The number of para-hydroxylation sites is 1. The number of ether oxygens (including phenoxy) is 1. The molecule has 0 aliphatic carbocycles. The summed E-state index contributed by atoms with van der Waals surface area (Å²) in [5.41, 5.74) is 4.87. The van der Waals surface area contributed by atoms with Gasteiger partial charge in [-0.25, -0.2) is 4.79 Å². The standard InChI is InChI=1S/C26H30N4O3/c1-4-30(5-2)19-12-10-18(11-13-19)27-24(31)17-33-26(32)25-20-8-6-7-9-22(20)28-23-14-15-29(3)16-21(23)25/h6-13H,4-5,14-17H2,1-3H3,(H,27,31). The lowest BCUT2D eigenvalue weighted by Crippen LogP contribution is -2.30. The molecular formula is C26H30N4O3. The molecule has 4 rings (SSSR count). The third-order valence-corrected chi connectivity index (χ3v) is 6.06. The SMILES string of the molecule is CCN(CC)c1ccc(NC(=O)COC(=O)c2c3c(nc4ccccc24)CCN(C)C3)cc1. The molecule has 0 saturated heterocycles. The molecule has 0 saturated carbocycles. The van der Waals surface area contributed by atoms with Gasteiger partial charge in [-0.2, -0.15) is 0 Å². The number of anilines is 2. The van der Waals surface area contributed by atoms with Gasteiger partial charge >= 0.3 is 5.97 Å². The average Bonchev–Trinajstić information content (AvgIpc) is 2.83. The summed E-state index contributed by atoms with van der Waals surface area (Å²) in [7, 11) is 2.02. The van der Waals surface area contributed by atoms with Crippen molar-refractivity contribution in [2.75, 3.05) is 43.5 Å². The van der Waals surface area contributed by atoms with Crippen LogP contribution in [0.3, 0.4) is 0 Å². The number of hydrogen-bond donors (Lipinski definition) is 1. The van der Waals surface area contributed by atoms with E-state index in [0.717, 1.165) is 53.9 Å². The van der Waals surface area contributed by atoms with E-state index in [-0.39, 0.29) is 12.5 Å². The fraction of sp³-hybridized carbons (Fsp3) is 0.346. The minimum absolute atomic E-state index is 0.349. The second-order valence-electron chi connectivity index (χ2n) is 8.26. The van der Waals surface area contributed by atoms with Crippen molar-refractivity contribution in [3.05, 3.63) is 65.4 Å². The summed E-state index contributed by atoms with van der Waals surface area (Å²) < 4.78 is 5.46. The highest BCUT2D eigenvalue weighted by molar-refractivity contribution is 6.06. The molecule has 1 amide bonds. The lowest BCUT2D eigenvalue weighted by atomic mass is 9.96. The molecule has 33 heavy (non-hydrogen) atoms. The summed E-state index contributed by atoms with van der Waals surface area (Å²) in [6.07, 6.45) is 0.779. The first-order valence-corrected chi connectivity index (χ1v) is 11.4. The Morgan fingerprint density at radius 2 is 1.82 bits per heavy atom. The second kappa shape index (κ2) is 10.0. The van der Waals surface area contributed by atoms with Gasteiger partial charge in [-0.15, -0.1) is 0 Å². The summed E-state index contributed by atoms with van der Waals surface area (Å²) in [6.45, 7) is 7.22. The van der Waals surface area contributed by atoms with Crippen LogP contribution in [0.25, 0.3) is 10.9 Å². The third-order valence-electron chi connectivity index (χ3n) is 6.06. The molecule has 0 atom stereocenters. The van der Waals surface area contributed by atoms with Crippen molar-refractivity contribution in [1.82, 2.24) is 9.88 Å². The Bertz CT molecular complexity index is 1160. The van der Waals surface area contributed by atoms with E-state index in [0.29, 0.717) is 17.8 Å². The van der Waals surface area contributed by atoms with Crippen LogP contribution in [-0.4, -0.2) is 55.0 Å². The third kappa shape index (κ3) is 4.98. The van der Waals surface area contributed by atoms with Gasteiger partial charge in [0, 0.05) is 60.6 Å². The molecule has 0 unspecified atom stereocenters. The van der Waals surface area contributed by atoms with Gasteiger partial charge in [0.2, 0.25) is 0 Å². The number of esters is 1. The van der Waals surface area contributed by atoms with Gasteiger partial charge in [0.15, 0.2) is 6.61 Å². The van der Waals surface area contributed by atoms with Crippen molar-refractivity contribution in [3.63, 3.8) is 0 Å². The van der Waals surface area contributed by atoms with Gasteiger partial charge in [-0.05, 0) is 51.2 Å². The van der Waals surface area contributed by atoms with E-state index in [2.05, 4.69) is 29.0 Å². The van der Waals surface area contributed by atoms with Crippen LogP contribution in [0.5, 0.6) is 0 Å². The van der Waals surface area contributed by atoms with Gasteiger partial charge in [-0.1, -0.05) is 18.2 Å². The number of aromatic nitrogens is 1. The topological polar surface area (TPSA) is 74.8 Å². The van der Waals surface area contributed by atoms with Gasteiger partial charge in [-0.3, -0.25) is 9.78 Å². The number of fused-ring (bicyclic) bond motifs is 2. The molecule has 172 valence electrons. The van der Waals surface area contributed by atoms with Crippen LogP contribution in [0.2, 0.25) is 0 Å². The first-order valence-electron chi connectivity index (χ1n) is 11.4. The molecule has 0 bridgehead atoms. The number of amides is 1. The van der Waals surface area contributed by atoms with Crippen molar-refractivity contribution in [3.8, 4) is 0 Å². The number of nitrogens with zero attached hydrogens (tertiary/aromatic N) is 3. The zero-order chi connectivity index (χ0) is 23.4. The van der Waals surface area contributed by atoms with E-state index < -0.39 is 5.97 Å². The Labute approximate surface area is 194 Å². The highest BCUT2D eigenvalue weighted by Gasteiger charge is 2.25. The van der Waals surface area contributed by atoms with Gasteiger partial charge in [0.1, 0.15) is 0 Å². The Hall–Kier alpha value is -3.45. The molecule has 0 radical (unpaired) electrons. The van der Waals surface area contributed by atoms with Gasteiger partial charge in [0.05, 0.1) is 11.1 Å².